The second-order valence-corrected chi connectivity index (χ2v) is 7.51. The number of thiophene rings is 1. The number of hydrogen-bond acceptors (Lipinski definition) is 4. The Hall–Kier alpha value is -1.08. The molecule has 0 fully saturated rings. The zero-order chi connectivity index (χ0) is 14.0. The van der Waals surface area contributed by atoms with E-state index in [-0.39, 0.29) is 9.92 Å². The molecule has 0 amide bonds. The van der Waals surface area contributed by atoms with Crippen LogP contribution in [-0.2, 0) is 16.6 Å². The summed E-state index contributed by atoms with van der Waals surface area (Å²) in [6.45, 7) is 0.335. The van der Waals surface area contributed by atoms with Crippen molar-refractivity contribution < 1.29 is 8.42 Å². The van der Waals surface area contributed by atoms with Crippen molar-refractivity contribution in [2.75, 3.05) is 12.8 Å². The van der Waals surface area contributed by atoms with Gasteiger partial charge >= 0.3 is 0 Å². The van der Waals surface area contributed by atoms with E-state index in [1.807, 2.05) is 17.5 Å². The molecule has 1 aromatic heterocycles. The highest BCUT2D eigenvalue weighted by Crippen LogP contribution is 2.25. The maximum absolute atomic E-state index is 12.4. The fourth-order valence-electron chi connectivity index (χ4n) is 1.56. The molecule has 1 heterocycles. The van der Waals surface area contributed by atoms with Crippen LogP contribution in [0.4, 0.5) is 5.69 Å². The molecule has 2 aromatic rings. The van der Waals surface area contributed by atoms with Crippen molar-refractivity contribution in [3.8, 4) is 0 Å². The first-order valence-corrected chi connectivity index (χ1v) is 8.15. The molecule has 0 saturated carbocycles. The van der Waals surface area contributed by atoms with Crippen molar-refractivity contribution in [1.29, 1.82) is 0 Å². The van der Waals surface area contributed by atoms with Crippen molar-refractivity contribution in [2.45, 2.75) is 11.4 Å². The van der Waals surface area contributed by atoms with Gasteiger partial charge in [-0.1, -0.05) is 17.7 Å². The first-order chi connectivity index (χ1) is 8.91. The Morgan fingerprint density at radius 2 is 2.11 bits per heavy atom. The summed E-state index contributed by atoms with van der Waals surface area (Å²) in [7, 11) is -2.01. The standard InChI is InChI=1S/C12H13ClN2O2S2/c1-15(8-9-3-2-6-18-9)19(16,17)10-4-5-12(14)11(13)7-10/h2-7H,8,14H2,1H3. The molecule has 2 rings (SSSR count). The molecule has 0 aliphatic carbocycles. The third-order valence-corrected chi connectivity index (χ3v) is 5.63. The van der Waals surface area contributed by atoms with E-state index in [0.29, 0.717) is 12.2 Å². The second kappa shape index (κ2) is 5.50. The van der Waals surface area contributed by atoms with E-state index in [1.165, 1.54) is 33.8 Å². The summed E-state index contributed by atoms with van der Waals surface area (Å²) >= 11 is 7.38. The van der Waals surface area contributed by atoms with Gasteiger partial charge in [0.25, 0.3) is 0 Å². The minimum atomic E-state index is -3.55. The highest BCUT2D eigenvalue weighted by atomic mass is 35.5. The van der Waals surface area contributed by atoms with Crippen LogP contribution in [0.2, 0.25) is 5.02 Å². The van der Waals surface area contributed by atoms with Gasteiger partial charge in [-0.3, -0.25) is 0 Å². The molecule has 1 aromatic carbocycles. The van der Waals surface area contributed by atoms with Gasteiger partial charge in [0.2, 0.25) is 10.0 Å². The molecule has 102 valence electrons. The summed E-state index contributed by atoms with van der Waals surface area (Å²) in [5, 5.41) is 2.15. The van der Waals surface area contributed by atoms with Crippen LogP contribution in [0.1, 0.15) is 4.88 Å². The number of nitrogens with zero attached hydrogens (tertiary/aromatic N) is 1. The Kier molecular flexibility index (Phi) is 4.15. The minimum absolute atomic E-state index is 0.144. The van der Waals surface area contributed by atoms with Crippen molar-refractivity contribution in [1.82, 2.24) is 4.31 Å². The van der Waals surface area contributed by atoms with Crippen molar-refractivity contribution >= 4 is 38.6 Å². The van der Waals surface area contributed by atoms with Crippen LogP contribution < -0.4 is 5.73 Å². The molecule has 4 nitrogen and oxygen atoms in total. The molecule has 0 unspecified atom stereocenters. The quantitative estimate of drug-likeness (QED) is 0.882. The summed E-state index contributed by atoms with van der Waals surface area (Å²) in [5.41, 5.74) is 5.94. The number of halogens is 1. The minimum Gasteiger partial charge on any atom is -0.398 e. The van der Waals surface area contributed by atoms with Crippen LogP contribution in [0.5, 0.6) is 0 Å². The van der Waals surface area contributed by atoms with Gasteiger partial charge < -0.3 is 5.73 Å². The van der Waals surface area contributed by atoms with E-state index in [9.17, 15) is 8.42 Å². The number of hydrogen-bond donors (Lipinski definition) is 1. The molecule has 19 heavy (non-hydrogen) atoms. The molecule has 0 spiro atoms. The number of benzene rings is 1. The summed E-state index contributed by atoms with van der Waals surface area (Å²) in [6, 6.07) is 8.11. The molecule has 0 aliphatic heterocycles. The van der Waals surface area contributed by atoms with Crippen LogP contribution in [0.3, 0.4) is 0 Å². The monoisotopic (exact) mass is 316 g/mol. The molecule has 7 heteroatoms. The number of rotatable bonds is 4. The Morgan fingerprint density at radius 3 is 2.68 bits per heavy atom. The van der Waals surface area contributed by atoms with E-state index < -0.39 is 10.0 Å². The smallest absolute Gasteiger partial charge is 0.243 e. The predicted octanol–water partition coefficient (Wildman–Crippen LogP) is 2.80. The highest BCUT2D eigenvalue weighted by Gasteiger charge is 2.21. The third kappa shape index (κ3) is 3.09. The summed E-state index contributed by atoms with van der Waals surface area (Å²) in [6.07, 6.45) is 0. The third-order valence-electron chi connectivity index (χ3n) is 2.64. The lowest BCUT2D eigenvalue weighted by Crippen LogP contribution is -2.26. The van der Waals surface area contributed by atoms with Gasteiger partial charge in [0.15, 0.2) is 0 Å². The Balaban J connectivity index is 2.28. The number of nitrogen functional groups attached to an aromatic ring is 1. The van der Waals surface area contributed by atoms with Crippen LogP contribution in [-0.4, -0.2) is 19.8 Å². The molecule has 0 saturated heterocycles. The summed E-state index contributed by atoms with van der Waals surface area (Å²) in [4.78, 5) is 1.12. The Labute approximate surface area is 121 Å². The van der Waals surface area contributed by atoms with Gasteiger partial charge in [0.1, 0.15) is 0 Å². The lowest BCUT2D eigenvalue weighted by atomic mass is 10.3. The number of sulfonamides is 1. The Bertz CT molecular complexity index is 669. The number of nitrogens with two attached hydrogens (primary N) is 1. The lowest BCUT2D eigenvalue weighted by Gasteiger charge is -2.16. The first kappa shape index (κ1) is 14.3. The zero-order valence-electron chi connectivity index (χ0n) is 10.2. The largest absolute Gasteiger partial charge is 0.398 e. The van der Waals surface area contributed by atoms with Gasteiger partial charge in [-0.05, 0) is 29.6 Å². The first-order valence-electron chi connectivity index (χ1n) is 5.45. The SMILES string of the molecule is CN(Cc1cccs1)S(=O)(=O)c1ccc(N)c(Cl)c1. The summed E-state index contributed by atoms with van der Waals surface area (Å²) in [5.74, 6) is 0. The number of anilines is 1. The van der Waals surface area contributed by atoms with E-state index in [0.717, 1.165) is 4.88 Å². The lowest BCUT2D eigenvalue weighted by molar-refractivity contribution is 0.469. The molecular weight excluding hydrogens is 304 g/mol. The molecule has 0 atom stereocenters. The van der Waals surface area contributed by atoms with Gasteiger partial charge in [-0.2, -0.15) is 4.31 Å². The van der Waals surface area contributed by atoms with Crippen LogP contribution in [0, 0.1) is 0 Å². The van der Waals surface area contributed by atoms with Gasteiger partial charge in [0, 0.05) is 18.5 Å². The molecule has 0 radical (unpaired) electrons. The molecule has 0 aliphatic rings. The normalized spacial score (nSPS) is 11.9. The van der Waals surface area contributed by atoms with Crippen molar-refractivity contribution in [3.63, 3.8) is 0 Å². The predicted molar refractivity (Wildman–Crippen MR) is 78.8 cm³/mol. The molecule has 0 bridgehead atoms. The maximum Gasteiger partial charge on any atom is 0.243 e. The van der Waals surface area contributed by atoms with Crippen LogP contribution in [0.25, 0.3) is 0 Å². The van der Waals surface area contributed by atoms with Crippen molar-refractivity contribution in [3.05, 3.63) is 45.6 Å². The maximum atomic E-state index is 12.4. The van der Waals surface area contributed by atoms with E-state index in [1.54, 1.807) is 7.05 Å². The van der Waals surface area contributed by atoms with Gasteiger partial charge in [-0.25, -0.2) is 8.42 Å². The van der Waals surface area contributed by atoms with Crippen LogP contribution in [0.15, 0.2) is 40.6 Å². The van der Waals surface area contributed by atoms with E-state index in [4.69, 9.17) is 17.3 Å². The highest BCUT2D eigenvalue weighted by molar-refractivity contribution is 7.89. The van der Waals surface area contributed by atoms with Crippen molar-refractivity contribution in [2.24, 2.45) is 0 Å². The average molecular weight is 317 g/mol. The molecule has 2 N–H and O–H groups in total. The van der Waals surface area contributed by atoms with Gasteiger partial charge in [-0.15, -0.1) is 11.3 Å². The topological polar surface area (TPSA) is 63.4 Å². The van der Waals surface area contributed by atoms with Crippen LogP contribution >= 0.6 is 22.9 Å². The Morgan fingerprint density at radius 1 is 1.37 bits per heavy atom. The zero-order valence-corrected chi connectivity index (χ0v) is 12.6. The van der Waals surface area contributed by atoms with E-state index >= 15 is 0 Å². The molecular formula is C12H13ClN2O2S2. The fourth-order valence-corrected chi connectivity index (χ4v) is 3.82. The van der Waals surface area contributed by atoms with E-state index in [2.05, 4.69) is 0 Å². The average Bonchev–Trinajstić information content (AvgIpc) is 2.85. The second-order valence-electron chi connectivity index (χ2n) is 4.02. The van der Waals surface area contributed by atoms with Gasteiger partial charge in [0.05, 0.1) is 15.6 Å². The fraction of sp³-hybridized carbons (Fsp3) is 0.167. The summed E-state index contributed by atoms with van der Waals surface area (Å²) < 4.78 is 26.0.